The highest BCUT2D eigenvalue weighted by molar-refractivity contribution is 8.15. The molecule has 2 atom stereocenters. The van der Waals surface area contributed by atoms with Gasteiger partial charge in [0, 0.05) is 23.6 Å². The number of benzene rings is 3. The van der Waals surface area contributed by atoms with E-state index in [1.807, 2.05) is 55.5 Å². The van der Waals surface area contributed by atoms with Crippen LogP contribution in [-0.2, 0) is 9.59 Å². The van der Waals surface area contributed by atoms with Gasteiger partial charge in [0.1, 0.15) is 16.7 Å². The van der Waals surface area contributed by atoms with Gasteiger partial charge in [-0.05, 0) is 66.6 Å². The van der Waals surface area contributed by atoms with Crippen LogP contribution in [0.5, 0.6) is 11.5 Å². The molecule has 0 unspecified atom stereocenters. The van der Waals surface area contributed by atoms with Crippen molar-refractivity contribution in [3.63, 3.8) is 0 Å². The van der Waals surface area contributed by atoms with E-state index in [1.54, 1.807) is 36.4 Å². The van der Waals surface area contributed by atoms with Crippen molar-refractivity contribution in [2.75, 3.05) is 19.0 Å². The van der Waals surface area contributed by atoms with E-state index in [4.69, 9.17) is 26.2 Å². The fourth-order valence-electron chi connectivity index (χ4n) is 4.38. The number of halogens is 1. The number of ether oxygens (including phenoxy) is 2. The van der Waals surface area contributed by atoms with Crippen molar-refractivity contribution in [2.24, 2.45) is 10.1 Å². The standard InChI is InChI=1S/C29H27ClN4O4S/c1-3-38-23-14-10-21(11-15-23)31-27(35)17-26-28(36)32-29(39-26)34-25(19-6-12-22(37-2)13-7-19)16-24(33-34)18-4-8-20(30)9-5-18/h4-15,25-26H,3,16-17H2,1-2H3,(H,31,35)/t25-,26+/m0/s1. The highest BCUT2D eigenvalue weighted by atomic mass is 35.5. The van der Waals surface area contributed by atoms with Crippen LogP contribution in [0.1, 0.15) is 36.9 Å². The van der Waals surface area contributed by atoms with Gasteiger partial charge in [-0.1, -0.05) is 47.6 Å². The molecule has 2 aliphatic rings. The maximum absolute atomic E-state index is 12.9. The lowest BCUT2D eigenvalue weighted by molar-refractivity contribution is -0.121. The van der Waals surface area contributed by atoms with Crippen molar-refractivity contribution in [1.29, 1.82) is 0 Å². The molecule has 0 bridgehead atoms. The normalized spacial score (nSPS) is 18.5. The van der Waals surface area contributed by atoms with Crippen LogP contribution in [0, 0.1) is 0 Å². The van der Waals surface area contributed by atoms with E-state index in [0.717, 1.165) is 28.3 Å². The molecule has 0 aromatic heterocycles. The number of carbonyl (C=O) groups excluding carboxylic acids is 2. The topological polar surface area (TPSA) is 92.6 Å². The van der Waals surface area contributed by atoms with Gasteiger partial charge in [0.2, 0.25) is 5.91 Å². The number of methoxy groups -OCH3 is 1. The van der Waals surface area contributed by atoms with Gasteiger partial charge in [0.15, 0.2) is 5.17 Å². The third-order valence-corrected chi connectivity index (χ3v) is 7.73. The molecule has 0 saturated heterocycles. The summed E-state index contributed by atoms with van der Waals surface area (Å²) in [6.07, 6.45) is 0.614. The van der Waals surface area contributed by atoms with Crippen LogP contribution in [0.15, 0.2) is 82.9 Å². The molecule has 2 aliphatic heterocycles. The first-order valence-electron chi connectivity index (χ1n) is 12.5. The van der Waals surface area contributed by atoms with Gasteiger partial charge in [-0.2, -0.15) is 10.1 Å². The summed E-state index contributed by atoms with van der Waals surface area (Å²) in [5.41, 5.74) is 3.45. The average molecular weight is 563 g/mol. The molecule has 3 aromatic rings. The molecule has 2 amide bonds. The lowest BCUT2D eigenvalue weighted by atomic mass is 9.98. The summed E-state index contributed by atoms with van der Waals surface area (Å²) in [5, 5.41) is 10.00. The van der Waals surface area contributed by atoms with Crippen molar-refractivity contribution >= 4 is 51.7 Å². The number of amidine groups is 1. The van der Waals surface area contributed by atoms with Gasteiger partial charge >= 0.3 is 0 Å². The number of nitrogens with one attached hydrogen (secondary N) is 1. The highest BCUT2D eigenvalue weighted by Crippen LogP contribution is 2.39. The quantitative estimate of drug-likeness (QED) is 0.366. The van der Waals surface area contributed by atoms with Crippen molar-refractivity contribution < 1.29 is 19.1 Å². The third-order valence-electron chi connectivity index (χ3n) is 6.33. The summed E-state index contributed by atoms with van der Waals surface area (Å²) in [5.74, 6) is 0.870. The number of hydrazone groups is 1. The van der Waals surface area contributed by atoms with Crippen LogP contribution in [0.4, 0.5) is 5.69 Å². The zero-order chi connectivity index (χ0) is 27.4. The Balaban J connectivity index is 1.31. The monoisotopic (exact) mass is 562 g/mol. The summed E-state index contributed by atoms with van der Waals surface area (Å²) >= 11 is 7.35. The minimum absolute atomic E-state index is 0.00148. The van der Waals surface area contributed by atoms with Crippen LogP contribution >= 0.6 is 23.4 Å². The van der Waals surface area contributed by atoms with Gasteiger partial charge in [0.05, 0.1) is 25.5 Å². The fourth-order valence-corrected chi connectivity index (χ4v) is 5.56. The molecule has 5 rings (SSSR count). The lowest BCUT2D eigenvalue weighted by Crippen LogP contribution is -2.25. The summed E-state index contributed by atoms with van der Waals surface area (Å²) in [7, 11) is 1.63. The second kappa shape index (κ2) is 11.9. The Hall–Kier alpha value is -3.82. The molecule has 1 N–H and O–H groups in total. The van der Waals surface area contributed by atoms with Gasteiger partial charge in [-0.3, -0.25) is 9.59 Å². The smallest absolute Gasteiger partial charge is 0.262 e. The Morgan fingerprint density at radius 3 is 2.41 bits per heavy atom. The molecular weight excluding hydrogens is 536 g/mol. The van der Waals surface area contributed by atoms with E-state index in [-0.39, 0.29) is 24.3 Å². The molecule has 39 heavy (non-hydrogen) atoms. The van der Waals surface area contributed by atoms with Crippen LogP contribution in [0.2, 0.25) is 5.02 Å². The summed E-state index contributed by atoms with van der Waals surface area (Å²) in [4.78, 5) is 29.9. The van der Waals surface area contributed by atoms with E-state index < -0.39 is 5.25 Å². The molecule has 200 valence electrons. The second-order valence-electron chi connectivity index (χ2n) is 8.94. The van der Waals surface area contributed by atoms with Crippen LogP contribution < -0.4 is 14.8 Å². The molecule has 3 aromatic carbocycles. The molecule has 0 aliphatic carbocycles. The summed E-state index contributed by atoms with van der Waals surface area (Å²) in [6.45, 7) is 2.48. The van der Waals surface area contributed by atoms with Crippen molar-refractivity contribution in [1.82, 2.24) is 5.01 Å². The summed E-state index contributed by atoms with van der Waals surface area (Å²) < 4.78 is 10.8. The van der Waals surface area contributed by atoms with Crippen LogP contribution in [0.3, 0.4) is 0 Å². The number of amides is 2. The first-order valence-corrected chi connectivity index (χ1v) is 13.8. The predicted octanol–water partition coefficient (Wildman–Crippen LogP) is 5.93. The van der Waals surface area contributed by atoms with Crippen LogP contribution in [0.25, 0.3) is 0 Å². The zero-order valence-corrected chi connectivity index (χ0v) is 23.0. The first kappa shape index (κ1) is 26.8. The number of nitrogens with zero attached hydrogens (tertiary/aromatic N) is 3. The second-order valence-corrected chi connectivity index (χ2v) is 10.5. The predicted molar refractivity (Wildman–Crippen MR) is 155 cm³/mol. The van der Waals surface area contributed by atoms with Crippen LogP contribution in [-0.4, -0.2) is 46.7 Å². The average Bonchev–Trinajstić information content (AvgIpc) is 3.54. The molecule has 0 radical (unpaired) electrons. The molecule has 8 nitrogen and oxygen atoms in total. The minimum atomic E-state index is -0.631. The number of hydrogen-bond donors (Lipinski definition) is 1. The summed E-state index contributed by atoms with van der Waals surface area (Å²) in [6, 6.07) is 22.2. The Kier molecular flexibility index (Phi) is 8.18. The number of hydrogen-bond acceptors (Lipinski definition) is 7. The van der Waals surface area contributed by atoms with Crippen molar-refractivity contribution in [3.8, 4) is 11.5 Å². The van der Waals surface area contributed by atoms with E-state index in [1.165, 1.54) is 11.8 Å². The first-order chi connectivity index (χ1) is 18.9. The maximum atomic E-state index is 12.9. The fraction of sp³-hybridized carbons (Fsp3) is 0.241. The number of rotatable bonds is 8. The number of carbonyl (C=O) groups is 2. The third kappa shape index (κ3) is 6.26. The SMILES string of the molecule is CCOc1ccc(NC(=O)C[C@H]2SC(N3N=C(c4ccc(Cl)cc4)C[C@H]3c3ccc(OC)cc3)=NC2=O)cc1. The van der Waals surface area contributed by atoms with E-state index in [0.29, 0.717) is 28.9 Å². The molecule has 10 heteroatoms. The van der Waals surface area contributed by atoms with E-state index >= 15 is 0 Å². The Morgan fingerprint density at radius 1 is 1.05 bits per heavy atom. The van der Waals surface area contributed by atoms with E-state index in [2.05, 4.69) is 10.3 Å². The molecule has 0 fully saturated rings. The van der Waals surface area contributed by atoms with Crippen molar-refractivity contribution in [2.45, 2.75) is 31.1 Å². The van der Waals surface area contributed by atoms with Gasteiger partial charge < -0.3 is 14.8 Å². The lowest BCUT2D eigenvalue weighted by Gasteiger charge is -2.23. The zero-order valence-electron chi connectivity index (χ0n) is 21.5. The molecule has 0 saturated carbocycles. The Labute approximate surface area is 236 Å². The van der Waals surface area contributed by atoms with Crippen molar-refractivity contribution in [3.05, 3.63) is 88.9 Å². The Bertz CT molecular complexity index is 1410. The number of aliphatic imine (C=N–C) groups is 1. The Morgan fingerprint density at radius 2 is 1.74 bits per heavy atom. The van der Waals surface area contributed by atoms with Gasteiger partial charge in [-0.25, -0.2) is 5.01 Å². The van der Waals surface area contributed by atoms with Gasteiger partial charge in [0.25, 0.3) is 5.91 Å². The largest absolute Gasteiger partial charge is 0.497 e. The van der Waals surface area contributed by atoms with E-state index in [9.17, 15) is 9.59 Å². The highest BCUT2D eigenvalue weighted by Gasteiger charge is 2.39. The number of anilines is 1. The maximum Gasteiger partial charge on any atom is 0.262 e. The molecule has 0 spiro atoms. The molecular formula is C29H27ClN4O4S. The minimum Gasteiger partial charge on any atom is -0.497 e. The number of thioether (sulfide) groups is 1. The molecule has 2 heterocycles. The van der Waals surface area contributed by atoms with Gasteiger partial charge in [-0.15, -0.1) is 0 Å².